The Morgan fingerprint density at radius 3 is 2.81 bits per heavy atom. The first-order chi connectivity index (χ1) is 10.1. The minimum absolute atomic E-state index is 0.445. The highest BCUT2D eigenvalue weighted by Gasteiger charge is 2.40. The van der Waals surface area contributed by atoms with Crippen LogP contribution in [0.15, 0.2) is 18.2 Å². The van der Waals surface area contributed by atoms with Crippen LogP contribution < -0.4 is 5.32 Å². The van der Waals surface area contributed by atoms with Gasteiger partial charge in [0.05, 0.1) is 13.2 Å². The SMILES string of the molecule is CCCNC(c1ccc2c(c1)COC2)C1CCCC1(C)C. The van der Waals surface area contributed by atoms with E-state index in [0.29, 0.717) is 11.5 Å². The second-order valence-corrected chi connectivity index (χ2v) is 7.44. The third-order valence-corrected chi connectivity index (χ3v) is 5.46. The van der Waals surface area contributed by atoms with E-state index in [-0.39, 0.29) is 0 Å². The Morgan fingerprint density at radius 2 is 2.10 bits per heavy atom. The maximum absolute atomic E-state index is 5.58. The van der Waals surface area contributed by atoms with Crippen molar-refractivity contribution >= 4 is 0 Å². The Bertz CT molecular complexity index is 494. The van der Waals surface area contributed by atoms with Gasteiger partial charge in [0.1, 0.15) is 0 Å². The number of ether oxygens (including phenoxy) is 1. The van der Waals surface area contributed by atoms with Gasteiger partial charge in [0.2, 0.25) is 0 Å². The second kappa shape index (κ2) is 6.10. The molecule has 3 rings (SSSR count). The molecule has 1 aromatic rings. The highest BCUT2D eigenvalue weighted by molar-refractivity contribution is 5.35. The summed E-state index contributed by atoms with van der Waals surface area (Å²) < 4.78 is 5.58. The average Bonchev–Trinajstić information content (AvgIpc) is 3.05. The zero-order valence-corrected chi connectivity index (χ0v) is 13.7. The molecule has 1 saturated carbocycles. The molecule has 2 atom stereocenters. The van der Waals surface area contributed by atoms with Crippen molar-refractivity contribution in [2.45, 2.75) is 65.7 Å². The number of benzene rings is 1. The van der Waals surface area contributed by atoms with Gasteiger partial charge >= 0.3 is 0 Å². The molecule has 0 radical (unpaired) electrons. The number of rotatable bonds is 5. The van der Waals surface area contributed by atoms with Crippen LogP contribution >= 0.6 is 0 Å². The fourth-order valence-corrected chi connectivity index (χ4v) is 4.15. The molecular weight excluding hydrogens is 258 g/mol. The fraction of sp³-hybridized carbons (Fsp3) is 0.684. The molecule has 2 unspecified atom stereocenters. The lowest BCUT2D eigenvalue weighted by molar-refractivity contribution is 0.134. The Hall–Kier alpha value is -0.860. The summed E-state index contributed by atoms with van der Waals surface area (Å²) in [6, 6.07) is 7.49. The molecule has 1 heterocycles. The first-order valence-electron chi connectivity index (χ1n) is 8.54. The predicted octanol–water partition coefficient (Wildman–Crippen LogP) is 4.58. The first kappa shape index (κ1) is 15.1. The van der Waals surface area contributed by atoms with E-state index >= 15 is 0 Å². The third kappa shape index (κ3) is 3.02. The van der Waals surface area contributed by atoms with Gasteiger partial charge in [0.25, 0.3) is 0 Å². The Kier molecular flexibility index (Phi) is 4.37. The molecule has 1 N–H and O–H groups in total. The molecule has 1 fully saturated rings. The van der Waals surface area contributed by atoms with Gasteiger partial charge in [-0.3, -0.25) is 0 Å². The quantitative estimate of drug-likeness (QED) is 0.855. The molecule has 2 nitrogen and oxygen atoms in total. The van der Waals surface area contributed by atoms with E-state index in [1.54, 1.807) is 0 Å². The highest BCUT2D eigenvalue weighted by atomic mass is 16.5. The van der Waals surface area contributed by atoms with E-state index < -0.39 is 0 Å². The smallest absolute Gasteiger partial charge is 0.0725 e. The fourth-order valence-electron chi connectivity index (χ4n) is 4.15. The minimum Gasteiger partial charge on any atom is -0.372 e. The highest BCUT2D eigenvalue weighted by Crippen LogP contribution is 2.49. The Balaban J connectivity index is 1.88. The first-order valence-corrected chi connectivity index (χ1v) is 8.54. The summed E-state index contributed by atoms with van der Waals surface area (Å²) in [5.41, 5.74) is 4.68. The molecule has 0 bridgehead atoms. The van der Waals surface area contributed by atoms with Crippen LogP contribution in [0.5, 0.6) is 0 Å². The molecule has 21 heavy (non-hydrogen) atoms. The third-order valence-electron chi connectivity index (χ3n) is 5.46. The van der Waals surface area contributed by atoms with E-state index in [1.165, 1.54) is 42.4 Å². The van der Waals surface area contributed by atoms with E-state index in [9.17, 15) is 0 Å². The van der Waals surface area contributed by atoms with Crippen molar-refractivity contribution in [2.75, 3.05) is 6.54 Å². The van der Waals surface area contributed by atoms with E-state index in [1.807, 2.05) is 0 Å². The van der Waals surface area contributed by atoms with Crippen LogP contribution in [-0.2, 0) is 18.0 Å². The van der Waals surface area contributed by atoms with Crippen LogP contribution in [0.2, 0.25) is 0 Å². The number of fused-ring (bicyclic) bond motifs is 1. The lowest BCUT2D eigenvalue weighted by atomic mass is 9.75. The summed E-state index contributed by atoms with van der Waals surface area (Å²) in [4.78, 5) is 0. The van der Waals surface area contributed by atoms with Crippen molar-refractivity contribution in [3.05, 3.63) is 34.9 Å². The zero-order valence-electron chi connectivity index (χ0n) is 13.7. The largest absolute Gasteiger partial charge is 0.372 e. The van der Waals surface area contributed by atoms with E-state index in [2.05, 4.69) is 44.3 Å². The molecule has 0 saturated heterocycles. The van der Waals surface area contributed by atoms with E-state index in [4.69, 9.17) is 4.74 Å². The van der Waals surface area contributed by atoms with Gasteiger partial charge in [-0.1, -0.05) is 45.4 Å². The number of hydrogen-bond acceptors (Lipinski definition) is 2. The molecule has 0 amide bonds. The van der Waals surface area contributed by atoms with E-state index in [0.717, 1.165) is 25.7 Å². The van der Waals surface area contributed by atoms with Crippen molar-refractivity contribution < 1.29 is 4.74 Å². The average molecular weight is 287 g/mol. The summed E-state index contributed by atoms with van der Waals surface area (Å²) in [6.45, 7) is 9.82. The standard InChI is InChI=1S/C19H29NO/c1-4-10-20-18(17-6-5-9-19(17,2)3)14-7-8-15-12-21-13-16(15)11-14/h7-8,11,17-18,20H,4-6,9-10,12-13H2,1-3H3. The normalized spacial score (nSPS) is 25.0. The molecule has 2 heteroatoms. The molecular formula is C19H29NO. The van der Waals surface area contributed by atoms with Crippen molar-refractivity contribution in [3.63, 3.8) is 0 Å². The summed E-state index contributed by atoms with van der Waals surface area (Å²) >= 11 is 0. The summed E-state index contributed by atoms with van der Waals surface area (Å²) in [6.07, 6.45) is 5.27. The molecule has 0 aromatic heterocycles. The number of hydrogen-bond donors (Lipinski definition) is 1. The minimum atomic E-state index is 0.445. The molecule has 2 aliphatic rings. The van der Waals surface area contributed by atoms with Crippen LogP contribution in [0.1, 0.15) is 69.2 Å². The van der Waals surface area contributed by atoms with Crippen LogP contribution in [0, 0.1) is 11.3 Å². The van der Waals surface area contributed by atoms with Crippen LogP contribution in [0.4, 0.5) is 0 Å². The topological polar surface area (TPSA) is 21.3 Å². The van der Waals surface area contributed by atoms with Gasteiger partial charge in [-0.25, -0.2) is 0 Å². The Morgan fingerprint density at radius 1 is 1.29 bits per heavy atom. The molecule has 1 aromatic carbocycles. The number of nitrogens with one attached hydrogen (secondary N) is 1. The van der Waals surface area contributed by atoms with Gasteiger partial charge in [-0.2, -0.15) is 0 Å². The summed E-state index contributed by atoms with van der Waals surface area (Å²) in [5, 5.41) is 3.83. The summed E-state index contributed by atoms with van der Waals surface area (Å²) in [5.74, 6) is 0.740. The van der Waals surface area contributed by atoms with Crippen molar-refractivity contribution in [1.29, 1.82) is 0 Å². The molecule has 1 aliphatic heterocycles. The van der Waals surface area contributed by atoms with Crippen LogP contribution in [-0.4, -0.2) is 6.54 Å². The van der Waals surface area contributed by atoms with Crippen molar-refractivity contribution in [3.8, 4) is 0 Å². The maximum atomic E-state index is 5.58. The van der Waals surface area contributed by atoms with Crippen LogP contribution in [0.3, 0.4) is 0 Å². The van der Waals surface area contributed by atoms with Gasteiger partial charge < -0.3 is 10.1 Å². The molecule has 1 aliphatic carbocycles. The summed E-state index contributed by atoms with van der Waals surface area (Å²) in [7, 11) is 0. The van der Waals surface area contributed by atoms with Crippen molar-refractivity contribution in [1.82, 2.24) is 5.32 Å². The maximum Gasteiger partial charge on any atom is 0.0725 e. The molecule has 0 spiro atoms. The lowest BCUT2D eigenvalue weighted by Crippen LogP contribution is -2.34. The molecule has 116 valence electrons. The van der Waals surface area contributed by atoms with Gasteiger partial charge in [0, 0.05) is 6.04 Å². The van der Waals surface area contributed by atoms with Gasteiger partial charge in [-0.15, -0.1) is 0 Å². The van der Waals surface area contributed by atoms with Gasteiger partial charge in [0.15, 0.2) is 0 Å². The lowest BCUT2D eigenvalue weighted by Gasteiger charge is -2.35. The second-order valence-electron chi connectivity index (χ2n) is 7.44. The van der Waals surface area contributed by atoms with Gasteiger partial charge in [-0.05, 0) is 53.8 Å². The van der Waals surface area contributed by atoms with Crippen LogP contribution in [0.25, 0.3) is 0 Å². The predicted molar refractivity (Wildman–Crippen MR) is 87.1 cm³/mol. The zero-order chi connectivity index (χ0) is 14.9. The monoisotopic (exact) mass is 287 g/mol. The Labute approximate surface area is 129 Å². The van der Waals surface area contributed by atoms with Crippen molar-refractivity contribution in [2.24, 2.45) is 11.3 Å².